The van der Waals surface area contributed by atoms with Gasteiger partial charge >= 0.3 is 0 Å². The predicted molar refractivity (Wildman–Crippen MR) is 102 cm³/mol. The molecule has 0 saturated heterocycles. The Kier molecular flexibility index (Phi) is 5.49. The van der Waals surface area contributed by atoms with E-state index in [0.717, 1.165) is 6.42 Å². The molecule has 3 rings (SSSR count). The Morgan fingerprint density at radius 3 is 2.63 bits per heavy atom. The van der Waals surface area contributed by atoms with Gasteiger partial charge in [-0.1, -0.05) is 6.92 Å². The van der Waals surface area contributed by atoms with E-state index in [4.69, 9.17) is 14.2 Å². The lowest BCUT2D eigenvalue weighted by Gasteiger charge is -2.29. The quantitative estimate of drug-likeness (QED) is 0.846. The lowest BCUT2D eigenvalue weighted by Crippen LogP contribution is -2.39. The van der Waals surface area contributed by atoms with E-state index in [0.29, 0.717) is 40.7 Å². The minimum absolute atomic E-state index is 0.0321. The number of nitrogens with zero attached hydrogens (tertiary/aromatic N) is 1. The summed E-state index contributed by atoms with van der Waals surface area (Å²) in [6.07, 6.45) is 0.827. The summed E-state index contributed by atoms with van der Waals surface area (Å²) >= 11 is 0. The van der Waals surface area contributed by atoms with E-state index in [1.165, 1.54) is 14.2 Å². The number of ether oxygens (including phenoxy) is 3. The average molecular weight is 370 g/mol. The molecule has 0 fully saturated rings. The molecule has 7 nitrogen and oxygen atoms in total. The summed E-state index contributed by atoms with van der Waals surface area (Å²) in [5.74, 6) is 1.28. The fourth-order valence-electron chi connectivity index (χ4n) is 2.93. The molecule has 0 aliphatic carbocycles. The van der Waals surface area contributed by atoms with Gasteiger partial charge < -0.3 is 24.4 Å². The van der Waals surface area contributed by atoms with Crippen molar-refractivity contribution in [1.29, 1.82) is 0 Å². The number of hydrogen-bond acceptors (Lipinski definition) is 5. The Balaban J connectivity index is 1.84. The molecule has 1 N–H and O–H groups in total. The molecule has 0 bridgehead atoms. The van der Waals surface area contributed by atoms with E-state index < -0.39 is 0 Å². The van der Waals surface area contributed by atoms with Crippen LogP contribution in [0.15, 0.2) is 36.4 Å². The first-order valence-corrected chi connectivity index (χ1v) is 8.68. The maximum Gasteiger partial charge on any atom is 0.265 e. The fourth-order valence-corrected chi connectivity index (χ4v) is 2.93. The van der Waals surface area contributed by atoms with Crippen LogP contribution in [0.1, 0.15) is 23.7 Å². The molecule has 0 spiro atoms. The van der Waals surface area contributed by atoms with Crippen molar-refractivity contribution in [2.45, 2.75) is 13.3 Å². The van der Waals surface area contributed by atoms with Crippen LogP contribution in [0.4, 0.5) is 11.4 Å². The number of nitrogens with one attached hydrogen (secondary N) is 1. The van der Waals surface area contributed by atoms with Crippen LogP contribution in [0.5, 0.6) is 17.2 Å². The molecule has 27 heavy (non-hydrogen) atoms. The topological polar surface area (TPSA) is 77.1 Å². The van der Waals surface area contributed by atoms with Gasteiger partial charge in [0.15, 0.2) is 18.1 Å². The molecule has 1 aliphatic rings. The zero-order valence-electron chi connectivity index (χ0n) is 15.6. The summed E-state index contributed by atoms with van der Waals surface area (Å²) in [4.78, 5) is 26.4. The van der Waals surface area contributed by atoms with E-state index >= 15 is 0 Å². The van der Waals surface area contributed by atoms with Gasteiger partial charge in [-0.15, -0.1) is 0 Å². The Hall–Kier alpha value is -3.22. The van der Waals surface area contributed by atoms with E-state index in [2.05, 4.69) is 5.32 Å². The van der Waals surface area contributed by atoms with Crippen LogP contribution >= 0.6 is 0 Å². The summed E-state index contributed by atoms with van der Waals surface area (Å²) in [6, 6.07) is 10.2. The Bertz CT molecular complexity index is 865. The predicted octanol–water partition coefficient (Wildman–Crippen LogP) is 3.09. The second-order valence-electron chi connectivity index (χ2n) is 6.04. The van der Waals surface area contributed by atoms with Gasteiger partial charge in [0.1, 0.15) is 5.75 Å². The van der Waals surface area contributed by atoms with Crippen LogP contribution < -0.4 is 24.4 Å². The van der Waals surface area contributed by atoms with Crippen LogP contribution in [0.25, 0.3) is 0 Å². The molecule has 0 aromatic heterocycles. The van der Waals surface area contributed by atoms with E-state index in [1.54, 1.807) is 41.3 Å². The molecule has 0 radical (unpaired) electrons. The van der Waals surface area contributed by atoms with Gasteiger partial charge in [0.25, 0.3) is 11.8 Å². The lowest BCUT2D eigenvalue weighted by molar-refractivity contribution is -0.121. The molecule has 2 aromatic carbocycles. The standard InChI is InChI=1S/C20H22N2O5/c1-4-9-22-15-11-14(6-8-16(15)27-12-19(22)23)21-20(24)13-5-7-17(25-2)18(10-13)26-3/h5-8,10-11H,4,9,12H2,1-3H3,(H,21,24). The number of amides is 2. The smallest absolute Gasteiger partial charge is 0.265 e. The first-order chi connectivity index (χ1) is 13.1. The summed E-state index contributed by atoms with van der Waals surface area (Å²) in [5.41, 5.74) is 1.68. The minimum Gasteiger partial charge on any atom is -0.493 e. The van der Waals surface area contributed by atoms with E-state index in [-0.39, 0.29) is 18.4 Å². The van der Waals surface area contributed by atoms with E-state index in [1.807, 2.05) is 6.92 Å². The van der Waals surface area contributed by atoms with Gasteiger partial charge in [0, 0.05) is 17.8 Å². The van der Waals surface area contributed by atoms with Gasteiger partial charge in [-0.05, 0) is 42.8 Å². The molecule has 1 aliphatic heterocycles. The molecule has 0 atom stereocenters. The van der Waals surface area contributed by atoms with E-state index in [9.17, 15) is 9.59 Å². The Morgan fingerprint density at radius 2 is 1.93 bits per heavy atom. The monoisotopic (exact) mass is 370 g/mol. The average Bonchev–Trinajstić information content (AvgIpc) is 2.69. The van der Waals surface area contributed by atoms with Gasteiger partial charge in [-0.2, -0.15) is 0 Å². The highest BCUT2D eigenvalue weighted by atomic mass is 16.5. The highest BCUT2D eigenvalue weighted by Crippen LogP contribution is 2.35. The molecule has 142 valence electrons. The van der Waals surface area contributed by atoms with Crippen molar-refractivity contribution < 1.29 is 23.8 Å². The van der Waals surface area contributed by atoms with Crippen LogP contribution in [0, 0.1) is 0 Å². The van der Waals surface area contributed by atoms with Gasteiger partial charge in [0.2, 0.25) is 0 Å². The lowest BCUT2D eigenvalue weighted by atomic mass is 10.1. The van der Waals surface area contributed by atoms with Crippen LogP contribution in [0.2, 0.25) is 0 Å². The first kappa shape index (κ1) is 18.6. The van der Waals surface area contributed by atoms with Gasteiger partial charge in [-0.3, -0.25) is 9.59 Å². The van der Waals surface area contributed by atoms with Crippen LogP contribution in [-0.2, 0) is 4.79 Å². The SMILES string of the molecule is CCCN1C(=O)COc2ccc(NC(=O)c3ccc(OC)c(OC)c3)cc21. The van der Waals surface area contributed by atoms with Crippen molar-refractivity contribution in [1.82, 2.24) is 0 Å². The molecule has 2 aromatic rings. The number of fused-ring (bicyclic) bond motifs is 1. The van der Waals surface area contributed by atoms with Crippen molar-refractivity contribution in [3.05, 3.63) is 42.0 Å². The van der Waals surface area contributed by atoms with Crippen molar-refractivity contribution in [2.75, 3.05) is 37.6 Å². The number of carbonyl (C=O) groups is 2. The Labute approximate surface area is 157 Å². The van der Waals surface area contributed by atoms with Crippen molar-refractivity contribution in [3.8, 4) is 17.2 Å². The summed E-state index contributed by atoms with van der Waals surface area (Å²) in [6.45, 7) is 2.64. The molecule has 7 heteroatoms. The zero-order valence-corrected chi connectivity index (χ0v) is 15.6. The number of hydrogen-bond donors (Lipinski definition) is 1. The second kappa shape index (κ2) is 7.99. The molecular weight excluding hydrogens is 348 g/mol. The fraction of sp³-hybridized carbons (Fsp3) is 0.300. The third-order valence-corrected chi connectivity index (χ3v) is 4.25. The number of anilines is 2. The number of rotatable bonds is 6. The normalized spacial score (nSPS) is 12.9. The maximum atomic E-state index is 12.6. The van der Waals surface area contributed by atoms with Crippen molar-refractivity contribution in [3.63, 3.8) is 0 Å². The molecule has 0 saturated carbocycles. The molecule has 2 amide bonds. The number of methoxy groups -OCH3 is 2. The van der Waals surface area contributed by atoms with Crippen LogP contribution in [0.3, 0.4) is 0 Å². The molecule has 0 unspecified atom stereocenters. The summed E-state index contributed by atoms with van der Waals surface area (Å²) < 4.78 is 15.9. The van der Waals surface area contributed by atoms with Gasteiger partial charge in [-0.25, -0.2) is 0 Å². The number of carbonyl (C=O) groups excluding carboxylic acids is 2. The van der Waals surface area contributed by atoms with Crippen molar-refractivity contribution in [2.24, 2.45) is 0 Å². The summed E-state index contributed by atoms with van der Waals surface area (Å²) in [5, 5.41) is 2.85. The third kappa shape index (κ3) is 3.81. The minimum atomic E-state index is -0.291. The molecule has 1 heterocycles. The van der Waals surface area contributed by atoms with Crippen molar-refractivity contribution >= 4 is 23.2 Å². The van der Waals surface area contributed by atoms with Gasteiger partial charge in [0.05, 0.1) is 19.9 Å². The maximum absolute atomic E-state index is 12.6. The highest BCUT2D eigenvalue weighted by molar-refractivity contribution is 6.05. The number of benzene rings is 2. The summed E-state index contributed by atoms with van der Waals surface area (Å²) in [7, 11) is 3.05. The largest absolute Gasteiger partial charge is 0.493 e. The highest BCUT2D eigenvalue weighted by Gasteiger charge is 2.25. The third-order valence-electron chi connectivity index (χ3n) is 4.25. The van der Waals surface area contributed by atoms with Crippen LogP contribution in [-0.4, -0.2) is 39.2 Å². The first-order valence-electron chi connectivity index (χ1n) is 8.68. The zero-order chi connectivity index (χ0) is 19.4. The Morgan fingerprint density at radius 1 is 1.15 bits per heavy atom. The second-order valence-corrected chi connectivity index (χ2v) is 6.04. The molecular formula is C20H22N2O5.